The minimum absolute atomic E-state index is 0.253. The SMILES string of the molecule is CCc1nc2c(N3CCC4(CCCN(CC5CCC5)C4=O)C3)ncnc2o1. The van der Waals surface area contributed by atoms with Gasteiger partial charge in [-0.05, 0) is 38.0 Å². The second kappa shape index (κ2) is 6.46. The summed E-state index contributed by atoms with van der Waals surface area (Å²) in [5.74, 6) is 2.58. The summed E-state index contributed by atoms with van der Waals surface area (Å²) in [6, 6.07) is 0. The van der Waals surface area contributed by atoms with Gasteiger partial charge in [-0.3, -0.25) is 4.79 Å². The molecular formula is C20H27N5O2. The number of aromatic nitrogens is 3. The van der Waals surface area contributed by atoms with E-state index in [2.05, 4.69) is 24.8 Å². The van der Waals surface area contributed by atoms with Gasteiger partial charge in [0, 0.05) is 32.6 Å². The molecule has 1 unspecified atom stereocenters. The van der Waals surface area contributed by atoms with E-state index in [0.717, 1.165) is 69.1 Å². The number of anilines is 1. The van der Waals surface area contributed by atoms with Crippen molar-refractivity contribution in [3.63, 3.8) is 0 Å². The van der Waals surface area contributed by atoms with E-state index in [1.807, 2.05) is 6.92 Å². The van der Waals surface area contributed by atoms with Crippen molar-refractivity contribution in [2.75, 3.05) is 31.1 Å². The van der Waals surface area contributed by atoms with Crippen molar-refractivity contribution in [3.05, 3.63) is 12.2 Å². The Morgan fingerprint density at radius 2 is 2.11 bits per heavy atom. The molecule has 0 bridgehead atoms. The minimum Gasteiger partial charge on any atom is -0.422 e. The monoisotopic (exact) mass is 369 g/mol. The smallest absolute Gasteiger partial charge is 0.252 e. The van der Waals surface area contributed by atoms with Crippen molar-refractivity contribution >= 4 is 23.0 Å². The summed E-state index contributed by atoms with van der Waals surface area (Å²) >= 11 is 0. The van der Waals surface area contributed by atoms with Gasteiger partial charge in [0.05, 0.1) is 5.41 Å². The van der Waals surface area contributed by atoms with Gasteiger partial charge in [0.2, 0.25) is 5.91 Å². The fourth-order valence-corrected chi connectivity index (χ4v) is 4.91. The van der Waals surface area contributed by atoms with E-state index < -0.39 is 0 Å². The van der Waals surface area contributed by atoms with Crippen LogP contribution in [0.5, 0.6) is 0 Å². The van der Waals surface area contributed by atoms with E-state index >= 15 is 0 Å². The summed E-state index contributed by atoms with van der Waals surface area (Å²) < 4.78 is 5.69. The Morgan fingerprint density at radius 3 is 2.89 bits per heavy atom. The van der Waals surface area contributed by atoms with Gasteiger partial charge < -0.3 is 14.2 Å². The molecule has 1 aliphatic carbocycles. The van der Waals surface area contributed by atoms with E-state index in [4.69, 9.17) is 4.42 Å². The molecule has 2 aliphatic heterocycles. The molecule has 5 rings (SSSR count). The molecule has 2 aromatic rings. The van der Waals surface area contributed by atoms with Crippen molar-refractivity contribution in [1.82, 2.24) is 19.9 Å². The number of hydrogen-bond acceptors (Lipinski definition) is 6. The lowest BCUT2D eigenvalue weighted by molar-refractivity contribution is -0.146. The molecule has 2 saturated heterocycles. The highest BCUT2D eigenvalue weighted by molar-refractivity contribution is 5.87. The lowest BCUT2D eigenvalue weighted by Crippen LogP contribution is -2.51. The van der Waals surface area contributed by atoms with Crippen LogP contribution in [0, 0.1) is 11.3 Å². The quantitative estimate of drug-likeness (QED) is 0.825. The average Bonchev–Trinajstić information content (AvgIpc) is 3.26. The topological polar surface area (TPSA) is 75.4 Å². The van der Waals surface area contributed by atoms with Crippen LogP contribution in [0.4, 0.5) is 5.82 Å². The van der Waals surface area contributed by atoms with Crippen LogP contribution in [0.25, 0.3) is 11.2 Å². The first-order valence-electron chi connectivity index (χ1n) is 10.3. The lowest BCUT2D eigenvalue weighted by Gasteiger charge is -2.42. The number of rotatable bonds is 4. The molecule has 1 atom stereocenters. The number of oxazole rings is 1. The van der Waals surface area contributed by atoms with Crippen LogP contribution in [0.2, 0.25) is 0 Å². The number of nitrogens with zero attached hydrogens (tertiary/aromatic N) is 5. The van der Waals surface area contributed by atoms with Crippen molar-refractivity contribution < 1.29 is 9.21 Å². The van der Waals surface area contributed by atoms with Crippen LogP contribution in [0.15, 0.2) is 10.7 Å². The van der Waals surface area contributed by atoms with Crippen LogP contribution >= 0.6 is 0 Å². The molecule has 0 radical (unpaired) electrons. The number of aryl methyl sites for hydroxylation is 1. The number of likely N-dealkylation sites (tertiary alicyclic amines) is 1. The maximum atomic E-state index is 13.3. The molecule has 2 aromatic heterocycles. The Kier molecular flexibility index (Phi) is 4.06. The lowest BCUT2D eigenvalue weighted by atomic mass is 9.77. The number of carbonyl (C=O) groups excluding carboxylic acids is 1. The van der Waals surface area contributed by atoms with E-state index in [0.29, 0.717) is 17.5 Å². The molecule has 3 aliphatic rings. The number of amides is 1. The van der Waals surface area contributed by atoms with Crippen molar-refractivity contribution in [1.29, 1.82) is 0 Å². The van der Waals surface area contributed by atoms with Gasteiger partial charge in [-0.15, -0.1) is 0 Å². The van der Waals surface area contributed by atoms with Gasteiger partial charge in [0.25, 0.3) is 5.71 Å². The van der Waals surface area contributed by atoms with Gasteiger partial charge >= 0.3 is 0 Å². The average molecular weight is 369 g/mol. The van der Waals surface area contributed by atoms with E-state index in [9.17, 15) is 4.79 Å². The van der Waals surface area contributed by atoms with Crippen molar-refractivity contribution in [2.24, 2.45) is 11.3 Å². The van der Waals surface area contributed by atoms with Crippen molar-refractivity contribution in [2.45, 2.75) is 51.9 Å². The van der Waals surface area contributed by atoms with Crippen LogP contribution in [0.3, 0.4) is 0 Å². The number of piperidine rings is 1. The predicted molar refractivity (Wildman–Crippen MR) is 101 cm³/mol. The predicted octanol–water partition coefficient (Wildman–Crippen LogP) is 2.80. The molecule has 7 nitrogen and oxygen atoms in total. The van der Waals surface area contributed by atoms with Crippen LogP contribution < -0.4 is 4.90 Å². The molecule has 7 heteroatoms. The summed E-state index contributed by atoms with van der Waals surface area (Å²) in [6.45, 7) is 5.47. The maximum Gasteiger partial charge on any atom is 0.252 e. The molecular weight excluding hydrogens is 342 g/mol. The third-order valence-corrected chi connectivity index (χ3v) is 6.70. The fourth-order valence-electron chi connectivity index (χ4n) is 4.91. The zero-order chi connectivity index (χ0) is 18.4. The molecule has 4 heterocycles. The second-order valence-corrected chi connectivity index (χ2v) is 8.42. The normalized spacial score (nSPS) is 26.3. The zero-order valence-electron chi connectivity index (χ0n) is 16.0. The number of fused-ring (bicyclic) bond motifs is 1. The molecule has 0 N–H and O–H groups in total. The van der Waals surface area contributed by atoms with Crippen LogP contribution in [-0.2, 0) is 11.2 Å². The van der Waals surface area contributed by atoms with Crippen LogP contribution in [-0.4, -0.2) is 51.9 Å². The highest BCUT2D eigenvalue weighted by atomic mass is 16.4. The Bertz CT molecular complexity index is 861. The molecule has 1 amide bonds. The summed E-state index contributed by atoms with van der Waals surface area (Å²) in [5, 5.41) is 0. The Balaban J connectivity index is 1.39. The summed E-state index contributed by atoms with van der Waals surface area (Å²) in [4.78, 5) is 31.0. The number of hydrogen-bond donors (Lipinski definition) is 0. The molecule has 27 heavy (non-hydrogen) atoms. The molecule has 0 aromatic carbocycles. The maximum absolute atomic E-state index is 13.3. The van der Waals surface area contributed by atoms with Gasteiger partial charge in [-0.1, -0.05) is 13.3 Å². The van der Waals surface area contributed by atoms with Gasteiger partial charge in [-0.2, -0.15) is 4.98 Å². The number of carbonyl (C=O) groups is 1. The fraction of sp³-hybridized carbons (Fsp3) is 0.700. The van der Waals surface area contributed by atoms with Gasteiger partial charge in [-0.25, -0.2) is 9.97 Å². The minimum atomic E-state index is -0.253. The van der Waals surface area contributed by atoms with Crippen molar-refractivity contribution in [3.8, 4) is 0 Å². The summed E-state index contributed by atoms with van der Waals surface area (Å²) in [6.07, 6.45) is 9.16. The zero-order valence-corrected chi connectivity index (χ0v) is 16.0. The highest BCUT2D eigenvalue weighted by Gasteiger charge is 2.49. The third-order valence-electron chi connectivity index (χ3n) is 6.70. The molecule has 1 saturated carbocycles. The summed E-state index contributed by atoms with van der Waals surface area (Å²) in [5.41, 5.74) is 1.01. The highest BCUT2D eigenvalue weighted by Crippen LogP contribution is 2.43. The van der Waals surface area contributed by atoms with Gasteiger partial charge in [0.1, 0.15) is 6.33 Å². The standard InChI is InChI=1S/C20H27N5O2/c1-2-15-23-16-17(21-13-22-18(16)27-15)25-10-8-20(12-25)7-4-9-24(19(20)26)11-14-5-3-6-14/h13-14H,2-12H2,1H3. The first-order valence-corrected chi connectivity index (χ1v) is 10.3. The Hall–Kier alpha value is -2.18. The van der Waals surface area contributed by atoms with E-state index in [1.165, 1.54) is 19.3 Å². The van der Waals surface area contributed by atoms with E-state index in [-0.39, 0.29) is 5.41 Å². The largest absolute Gasteiger partial charge is 0.422 e. The second-order valence-electron chi connectivity index (χ2n) is 8.42. The molecule has 3 fully saturated rings. The van der Waals surface area contributed by atoms with Crippen LogP contribution in [0.1, 0.15) is 51.3 Å². The third kappa shape index (κ3) is 2.78. The molecule has 1 spiro atoms. The summed E-state index contributed by atoms with van der Waals surface area (Å²) in [7, 11) is 0. The Morgan fingerprint density at radius 1 is 1.22 bits per heavy atom. The van der Waals surface area contributed by atoms with Gasteiger partial charge in [0.15, 0.2) is 17.2 Å². The Labute approximate surface area is 159 Å². The first kappa shape index (κ1) is 17.0. The first-order chi connectivity index (χ1) is 13.2. The molecule has 144 valence electrons. The van der Waals surface area contributed by atoms with E-state index in [1.54, 1.807) is 6.33 Å².